The second kappa shape index (κ2) is 12.3. The maximum Gasteiger partial charge on any atom is 0.264 e. The number of methoxy groups -OCH3 is 1. The summed E-state index contributed by atoms with van der Waals surface area (Å²) in [5, 5.41) is 2.92. The number of anilines is 1. The molecule has 0 spiro atoms. The van der Waals surface area contributed by atoms with Crippen LogP contribution in [-0.2, 0) is 26.2 Å². The summed E-state index contributed by atoms with van der Waals surface area (Å²) in [4.78, 5) is 28.6. The smallest absolute Gasteiger partial charge is 0.264 e. The van der Waals surface area contributed by atoms with Gasteiger partial charge in [-0.15, -0.1) is 0 Å². The fourth-order valence-electron chi connectivity index (χ4n) is 3.94. The lowest BCUT2D eigenvalue weighted by Gasteiger charge is -2.33. The molecule has 0 saturated carbocycles. The molecule has 0 aliphatic heterocycles. The van der Waals surface area contributed by atoms with Gasteiger partial charge in [-0.3, -0.25) is 13.9 Å². The van der Waals surface area contributed by atoms with Gasteiger partial charge in [0.1, 0.15) is 18.3 Å². The van der Waals surface area contributed by atoms with Gasteiger partial charge in [-0.05, 0) is 76.6 Å². The van der Waals surface area contributed by atoms with Crippen LogP contribution in [-0.4, -0.2) is 50.4 Å². The summed E-state index contributed by atoms with van der Waals surface area (Å²) in [6.07, 6.45) is 0. The van der Waals surface area contributed by atoms with Gasteiger partial charge in [-0.2, -0.15) is 0 Å². The Morgan fingerprint density at radius 3 is 2.05 bits per heavy atom. The third-order valence-electron chi connectivity index (χ3n) is 6.11. The number of aryl methyl sites for hydroxylation is 1. The molecule has 0 fully saturated rings. The second-order valence-electron chi connectivity index (χ2n) is 10.4. The lowest BCUT2D eigenvalue weighted by atomic mass is 10.1. The summed E-state index contributed by atoms with van der Waals surface area (Å²) in [5.74, 6) is -0.186. The molecule has 0 aliphatic carbocycles. The minimum Gasteiger partial charge on any atom is -0.497 e. The molecule has 3 rings (SSSR count). The first kappa shape index (κ1) is 29.7. The molecule has 3 aromatic rings. The Bertz CT molecular complexity index is 1370. The Balaban J connectivity index is 2.01. The van der Waals surface area contributed by atoms with E-state index in [0.717, 1.165) is 15.4 Å². The van der Waals surface area contributed by atoms with E-state index < -0.39 is 34.1 Å². The van der Waals surface area contributed by atoms with Crippen molar-refractivity contribution in [2.24, 2.45) is 0 Å². The number of carbonyl (C=O) groups excluding carboxylic acids is 2. The topological polar surface area (TPSA) is 96.0 Å². The van der Waals surface area contributed by atoms with Crippen LogP contribution < -0.4 is 14.4 Å². The first-order valence-electron chi connectivity index (χ1n) is 12.7. The van der Waals surface area contributed by atoms with Crippen molar-refractivity contribution in [1.82, 2.24) is 10.2 Å². The van der Waals surface area contributed by atoms with Crippen LogP contribution in [0.5, 0.6) is 5.75 Å². The van der Waals surface area contributed by atoms with Crippen LogP contribution in [0.3, 0.4) is 0 Å². The van der Waals surface area contributed by atoms with Gasteiger partial charge in [0.05, 0.1) is 17.7 Å². The number of sulfonamides is 1. The van der Waals surface area contributed by atoms with Crippen molar-refractivity contribution in [1.29, 1.82) is 0 Å². The van der Waals surface area contributed by atoms with Crippen molar-refractivity contribution < 1.29 is 22.7 Å². The van der Waals surface area contributed by atoms with Crippen molar-refractivity contribution in [3.63, 3.8) is 0 Å². The minimum atomic E-state index is -4.08. The SMILES string of the molecule is COc1ccc(CN(C(=O)CN(c2ccc(C)cc2)S(=O)(=O)c2ccccc2)[C@H](C)C(=O)NC(C)(C)C)cc1. The van der Waals surface area contributed by atoms with Crippen LogP contribution in [0.4, 0.5) is 5.69 Å². The molecule has 8 nitrogen and oxygen atoms in total. The zero-order chi connectivity index (χ0) is 28.8. The highest BCUT2D eigenvalue weighted by molar-refractivity contribution is 7.92. The fourth-order valence-corrected chi connectivity index (χ4v) is 5.38. The molecule has 0 unspecified atom stereocenters. The molecule has 0 aliphatic rings. The fraction of sp³-hybridized carbons (Fsp3) is 0.333. The Hall–Kier alpha value is -3.85. The van der Waals surface area contributed by atoms with Gasteiger partial charge >= 0.3 is 0 Å². The molecule has 0 heterocycles. The molecular weight excluding hydrogens is 514 g/mol. The molecule has 39 heavy (non-hydrogen) atoms. The average Bonchev–Trinajstić information content (AvgIpc) is 2.90. The van der Waals surface area contributed by atoms with E-state index >= 15 is 0 Å². The van der Waals surface area contributed by atoms with Crippen molar-refractivity contribution in [3.8, 4) is 5.75 Å². The van der Waals surface area contributed by atoms with Crippen LogP contribution in [0.1, 0.15) is 38.8 Å². The number of rotatable bonds is 10. The van der Waals surface area contributed by atoms with E-state index in [9.17, 15) is 18.0 Å². The second-order valence-corrected chi connectivity index (χ2v) is 12.3. The summed E-state index contributed by atoms with van der Waals surface area (Å²) in [5.41, 5.74) is 1.57. The number of nitrogens with zero attached hydrogens (tertiary/aromatic N) is 2. The van der Waals surface area contributed by atoms with Crippen LogP contribution in [0.2, 0.25) is 0 Å². The number of hydrogen-bond donors (Lipinski definition) is 1. The zero-order valence-corrected chi connectivity index (χ0v) is 24.2. The predicted molar refractivity (Wildman–Crippen MR) is 153 cm³/mol. The molecule has 3 aromatic carbocycles. The minimum absolute atomic E-state index is 0.0682. The third-order valence-corrected chi connectivity index (χ3v) is 7.90. The molecule has 0 bridgehead atoms. The van der Waals surface area contributed by atoms with Gasteiger partial charge in [0, 0.05) is 12.1 Å². The first-order chi connectivity index (χ1) is 18.3. The third kappa shape index (κ3) is 7.83. The van der Waals surface area contributed by atoms with Crippen LogP contribution in [0.25, 0.3) is 0 Å². The number of carbonyl (C=O) groups is 2. The first-order valence-corrected chi connectivity index (χ1v) is 14.1. The zero-order valence-electron chi connectivity index (χ0n) is 23.3. The van der Waals surface area contributed by atoms with E-state index in [1.165, 1.54) is 17.0 Å². The van der Waals surface area contributed by atoms with E-state index in [1.807, 2.05) is 39.8 Å². The highest BCUT2D eigenvalue weighted by atomic mass is 32.2. The van der Waals surface area contributed by atoms with Gasteiger partial charge in [-0.25, -0.2) is 8.42 Å². The maximum absolute atomic E-state index is 13.9. The van der Waals surface area contributed by atoms with Crippen LogP contribution in [0.15, 0.2) is 83.8 Å². The van der Waals surface area contributed by atoms with Crippen LogP contribution >= 0.6 is 0 Å². The molecule has 1 atom stereocenters. The molecular formula is C30H37N3O5S. The Morgan fingerprint density at radius 1 is 0.923 bits per heavy atom. The Kier molecular flexibility index (Phi) is 9.40. The van der Waals surface area contributed by atoms with Crippen molar-refractivity contribution in [3.05, 3.63) is 90.0 Å². The summed E-state index contributed by atoms with van der Waals surface area (Å²) in [7, 11) is -2.52. The number of ether oxygens (including phenoxy) is 1. The van der Waals surface area contributed by atoms with Gasteiger partial charge in [0.15, 0.2) is 0 Å². The Morgan fingerprint density at radius 2 is 1.51 bits per heavy atom. The predicted octanol–water partition coefficient (Wildman–Crippen LogP) is 4.53. The monoisotopic (exact) mass is 551 g/mol. The highest BCUT2D eigenvalue weighted by Crippen LogP contribution is 2.25. The quantitative estimate of drug-likeness (QED) is 0.399. The average molecular weight is 552 g/mol. The van der Waals surface area contributed by atoms with Gasteiger partial charge in [0.2, 0.25) is 11.8 Å². The molecule has 0 radical (unpaired) electrons. The van der Waals surface area contributed by atoms with Crippen molar-refractivity contribution >= 4 is 27.5 Å². The van der Waals surface area contributed by atoms with Gasteiger partial charge in [0.25, 0.3) is 10.0 Å². The molecule has 1 N–H and O–H groups in total. The van der Waals surface area contributed by atoms with E-state index in [4.69, 9.17) is 4.74 Å². The molecule has 0 saturated heterocycles. The lowest BCUT2D eigenvalue weighted by Crippen LogP contribution is -2.54. The maximum atomic E-state index is 13.9. The summed E-state index contributed by atoms with van der Waals surface area (Å²) in [6.45, 7) is 8.75. The molecule has 208 valence electrons. The van der Waals surface area contributed by atoms with Crippen molar-refractivity contribution in [2.75, 3.05) is 18.0 Å². The summed E-state index contributed by atoms with van der Waals surface area (Å²) >= 11 is 0. The Labute approximate surface area is 231 Å². The van der Waals surface area contributed by atoms with E-state index in [1.54, 1.807) is 68.6 Å². The molecule has 0 aromatic heterocycles. The van der Waals surface area contributed by atoms with E-state index in [-0.39, 0.29) is 17.3 Å². The number of amides is 2. The normalized spacial score (nSPS) is 12.4. The van der Waals surface area contributed by atoms with Gasteiger partial charge in [-0.1, -0.05) is 48.0 Å². The summed E-state index contributed by atoms with van der Waals surface area (Å²) < 4.78 is 33.8. The lowest BCUT2D eigenvalue weighted by molar-refractivity contribution is -0.140. The standard InChI is InChI=1S/C30H37N3O5S/c1-22-12-16-25(17-13-22)33(39(36,37)27-10-8-7-9-11-27)21-28(34)32(23(2)29(35)31-30(3,4)5)20-24-14-18-26(38-6)19-15-24/h7-19,23H,20-21H2,1-6H3,(H,31,35)/t23-/m1/s1. The molecule has 2 amide bonds. The largest absolute Gasteiger partial charge is 0.497 e. The van der Waals surface area contributed by atoms with Crippen molar-refractivity contribution in [2.45, 2.75) is 57.6 Å². The van der Waals surface area contributed by atoms with Gasteiger partial charge < -0.3 is 15.0 Å². The van der Waals surface area contributed by atoms with Crippen LogP contribution in [0, 0.1) is 6.92 Å². The van der Waals surface area contributed by atoms with E-state index in [0.29, 0.717) is 11.4 Å². The van der Waals surface area contributed by atoms with E-state index in [2.05, 4.69) is 5.32 Å². The number of benzene rings is 3. The highest BCUT2D eigenvalue weighted by Gasteiger charge is 2.33. The summed E-state index contributed by atoms with van der Waals surface area (Å²) in [6, 6.07) is 21.2. The number of hydrogen-bond acceptors (Lipinski definition) is 5. The number of nitrogens with one attached hydrogen (secondary N) is 1. The molecule has 9 heteroatoms.